The molecule has 1 saturated heterocycles. The first-order chi connectivity index (χ1) is 9.09. The van der Waals surface area contributed by atoms with Crippen molar-refractivity contribution in [2.45, 2.75) is 25.3 Å². The summed E-state index contributed by atoms with van der Waals surface area (Å²) in [5, 5.41) is 4.40. The van der Waals surface area contributed by atoms with Gasteiger partial charge in [0.05, 0.1) is 11.5 Å². The molecular weight excluding hydrogens is 264 g/mol. The Morgan fingerprint density at radius 2 is 2.32 bits per heavy atom. The second-order valence-corrected chi connectivity index (χ2v) is 7.16. The van der Waals surface area contributed by atoms with Crippen molar-refractivity contribution in [3.05, 3.63) is 29.7 Å². The molecule has 0 aliphatic carbocycles. The zero-order chi connectivity index (χ0) is 13.5. The summed E-state index contributed by atoms with van der Waals surface area (Å²) in [6.45, 7) is 0.394. The van der Waals surface area contributed by atoms with E-state index < -0.39 is 9.84 Å². The molecule has 1 aliphatic heterocycles. The molecule has 7 heteroatoms. The van der Waals surface area contributed by atoms with Crippen LogP contribution in [-0.2, 0) is 16.4 Å². The van der Waals surface area contributed by atoms with Gasteiger partial charge >= 0.3 is 0 Å². The van der Waals surface area contributed by atoms with Gasteiger partial charge in [-0.15, -0.1) is 0 Å². The van der Waals surface area contributed by atoms with E-state index in [1.54, 1.807) is 4.52 Å². The SMILES string of the molecule is NCc1cccn2nc(C3CCCS(=O)(=O)C3)nc12. The fourth-order valence-electron chi connectivity index (χ4n) is 2.54. The van der Waals surface area contributed by atoms with Crippen molar-refractivity contribution >= 4 is 15.5 Å². The maximum Gasteiger partial charge on any atom is 0.160 e. The first-order valence-corrected chi connectivity index (χ1v) is 8.16. The number of rotatable bonds is 2. The molecular formula is C12H16N4O2S. The van der Waals surface area contributed by atoms with E-state index in [1.165, 1.54) is 0 Å². The smallest absolute Gasteiger partial charge is 0.160 e. The molecule has 1 atom stereocenters. The molecule has 0 bridgehead atoms. The Kier molecular flexibility index (Phi) is 3.02. The molecule has 0 radical (unpaired) electrons. The Hall–Kier alpha value is -1.47. The average molecular weight is 280 g/mol. The third kappa shape index (κ3) is 2.35. The van der Waals surface area contributed by atoms with Crippen LogP contribution in [-0.4, -0.2) is 34.5 Å². The first-order valence-electron chi connectivity index (χ1n) is 6.34. The van der Waals surface area contributed by atoms with E-state index in [-0.39, 0.29) is 17.4 Å². The zero-order valence-corrected chi connectivity index (χ0v) is 11.3. The minimum atomic E-state index is -2.95. The molecule has 1 fully saturated rings. The van der Waals surface area contributed by atoms with Crippen LogP contribution in [0.15, 0.2) is 18.3 Å². The van der Waals surface area contributed by atoms with Gasteiger partial charge in [0.1, 0.15) is 0 Å². The van der Waals surface area contributed by atoms with E-state index in [0.29, 0.717) is 18.8 Å². The normalized spacial score (nSPS) is 22.7. The van der Waals surface area contributed by atoms with Gasteiger partial charge in [0.2, 0.25) is 0 Å². The Labute approximate surface area is 111 Å². The molecule has 2 N–H and O–H groups in total. The van der Waals surface area contributed by atoms with Crippen LogP contribution in [0.2, 0.25) is 0 Å². The highest BCUT2D eigenvalue weighted by Gasteiger charge is 2.28. The van der Waals surface area contributed by atoms with E-state index in [4.69, 9.17) is 5.73 Å². The van der Waals surface area contributed by atoms with E-state index in [2.05, 4.69) is 10.1 Å². The predicted octanol–water partition coefficient (Wildman–Crippen LogP) is 0.480. The van der Waals surface area contributed by atoms with E-state index in [0.717, 1.165) is 17.6 Å². The summed E-state index contributed by atoms with van der Waals surface area (Å²) in [4.78, 5) is 4.48. The van der Waals surface area contributed by atoms with Crippen LogP contribution in [0.1, 0.15) is 30.1 Å². The lowest BCUT2D eigenvalue weighted by molar-refractivity contribution is 0.543. The van der Waals surface area contributed by atoms with Gasteiger partial charge in [0, 0.05) is 24.2 Å². The molecule has 0 spiro atoms. The second-order valence-electron chi connectivity index (χ2n) is 4.93. The fraction of sp³-hybridized carbons (Fsp3) is 0.500. The Balaban J connectivity index is 2.02. The minimum Gasteiger partial charge on any atom is -0.326 e. The molecule has 6 nitrogen and oxygen atoms in total. The van der Waals surface area contributed by atoms with Gasteiger partial charge in [-0.05, 0) is 18.9 Å². The van der Waals surface area contributed by atoms with Gasteiger partial charge in [-0.3, -0.25) is 0 Å². The van der Waals surface area contributed by atoms with Crippen molar-refractivity contribution in [3.63, 3.8) is 0 Å². The maximum atomic E-state index is 11.7. The highest BCUT2D eigenvalue weighted by molar-refractivity contribution is 7.91. The quantitative estimate of drug-likeness (QED) is 0.864. The van der Waals surface area contributed by atoms with Crippen LogP contribution in [0.3, 0.4) is 0 Å². The minimum absolute atomic E-state index is 0.0933. The molecule has 19 heavy (non-hydrogen) atoms. The topological polar surface area (TPSA) is 90.4 Å². The Bertz CT molecular complexity index is 708. The Morgan fingerprint density at radius 1 is 1.47 bits per heavy atom. The van der Waals surface area contributed by atoms with Crippen molar-refractivity contribution in [1.29, 1.82) is 0 Å². The van der Waals surface area contributed by atoms with Gasteiger partial charge in [-0.2, -0.15) is 5.10 Å². The standard InChI is InChI=1S/C12H16N4O2S/c13-7-9-3-1-5-16-12(9)14-11(15-16)10-4-2-6-19(17,18)8-10/h1,3,5,10H,2,4,6-8,13H2. The maximum absolute atomic E-state index is 11.7. The van der Waals surface area contributed by atoms with Crippen LogP contribution in [0.25, 0.3) is 5.65 Å². The monoisotopic (exact) mass is 280 g/mol. The summed E-state index contributed by atoms with van der Waals surface area (Å²) in [6.07, 6.45) is 3.32. The van der Waals surface area contributed by atoms with Crippen molar-refractivity contribution in [3.8, 4) is 0 Å². The molecule has 0 amide bonds. The predicted molar refractivity (Wildman–Crippen MR) is 71.5 cm³/mol. The lowest BCUT2D eigenvalue weighted by Gasteiger charge is -2.18. The number of nitrogens with two attached hydrogens (primary N) is 1. The number of aromatic nitrogens is 3. The first kappa shape index (κ1) is 12.6. The summed E-state index contributed by atoms with van der Waals surface area (Å²) >= 11 is 0. The molecule has 102 valence electrons. The number of fused-ring (bicyclic) bond motifs is 1. The summed E-state index contributed by atoms with van der Waals surface area (Å²) < 4.78 is 25.1. The molecule has 3 rings (SSSR count). The molecule has 0 aromatic carbocycles. The van der Waals surface area contributed by atoms with Gasteiger partial charge in [-0.1, -0.05) is 6.07 Å². The van der Waals surface area contributed by atoms with Crippen LogP contribution in [0, 0.1) is 0 Å². The summed E-state index contributed by atoms with van der Waals surface area (Å²) in [5.74, 6) is 0.959. The van der Waals surface area contributed by atoms with Crippen LogP contribution in [0.5, 0.6) is 0 Å². The summed E-state index contributed by atoms with van der Waals surface area (Å²) in [6, 6.07) is 3.77. The van der Waals surface area contributed by atoms with E-state index >= 15 is 0 Å². The van der Waals surface area contributed by atoms with Crippen LogP contribution in [0.4, 0.5) is 0 Å². The van der Waals surface area contributed by atoms with E-state index in [9.17, 15) is 8.42 Å². The number of hydrogen-bond acceptors (Lipinski definition) is 5. The van der Waals surface area contributed by atoms with Gasteiger partial charge in [-0.25, -0.2) is 17.9 Å². The van der Waals surface area contributed by atoms with Gasteiger partial charge in [0.25, 0.3) is 0 Å². The summed E-state index contributed by atoms with van der Waals surface area (Å²) in [7, 11) is -2.95. The highest BCUT2D eigenvalue weighted by atomic mass is 32.2. The lowest BCUT2D eigenvalue weighted by Crippen LogP contribution is -2.24. The van der Waals surface area contributed by atoms with Crippen molar-refractivity contribution in [2.24, 2.45) is 5.73 Å². The molecule has 1 unspecified atom stereocenters. The van der Waals surface area contributed by atoms with Crippen molar-refractivity contribution in [2.75, 3.05) is 11.5 Å². The molecule has 1 aliphatic rings. The zero-order valence-electron chi connectivity index (χ0n) is 10.5. The number of sulfone groups is 1. The molecule has 2 aromatic heterocycles. The van der Waals surface area contributed by atoms with Gasteiger partial charge < -0.3 is 5.73 Å². The van der Waals surface area contributed by atoms with Crippen LogP contribution >= 0.6 is 0 Å². The third-order valence-electron chi connectivity index (χ3n) is 3.51. The van der Waals surface area contributed by atoms with Gasteiger partial charge in [0.15, 0.2) is 21.3 Å². The summed E-state index contributed by atoms with van der Waals surface area (Å²) in [5.41, 5.74) is 7.31. The van der Waals surface area contributed by atoms with E-state index in [1.807, 2.05) is 18.3 Å². The second kappa shape index (κ2) is 4.57. The lowest BCUT2D eigenvalue weighted by atomic mass is 10.1. The number of pyridine rings is 1. The highest BCUT2D eigenvalue weighted by Crippen LogP contribution is 2.26. The van der Waals surface area contributed by atoms with Crippen molar-refractivity contribution in [1.82, 2.24) is 14.6 Å². The number of hydrogen-bond donors (Lipinski definition) is 1. The largest absolute Gasteiger partial charge is 0.326 e. The third-order valence-corrected chi connectivity index (χ3v) is 5.33. The molecule has 2 aromatic rings. The Morgan fingerprint density at radius 3 is 3.05 bits per heavy atom. The van der Waals surface area contributed by atoms with Crippen LogP contribution < -0.4 is 5.73 Å². The molecule has 3 heterocycles. The average Bonchev–Trinajstić information content (AvgIpc) is 2.81. The number of nitrogens with zero attached hydrogens (tertiary/aromatic N) is 3. The fourth-order valence-corrected chi connectivity index (χ4v) is 4.24. The molecule has 0 saturated carbocycles. The van der Waals surface area contributed by atoms with Crippen molar-refractivity contribution < 1.29 is 8.42 Å².